The first kappa shape index (κ1) is 18.6. The first-order valence-corrected chi connectivity index (χ1v) is 9.34. The second kappa shape index (κ2) is 8.50. The number of nitrogens with one attached hydrogen (secondary N) is 2. The molecule has 1 aliphatic rings. The minimum atomic E-state index is -0.247. The van der Waals surface area contributed by atoms with Crippen LogP contribution in [-0.4, -0.2) is 34.4 Å². The lowest BCUT2D eigenvalue weighted by Gasteiger charge is -2.18. The molecular weight excluding hydrogens is 359 g/mol. The summed E-state index contributed by atoms with van der Waals surface area (Å²) in [6.45, 7) is 4.16. The lowest BCUT2D eigenvalue weighted by Crippen LogP contribution is -2.34. The fourth-order valence-corrected chi connectivity index (χ4v) is 3.31. The van der Waals surface area contributed by atoms with Crippen LogP contribution >= 0.6 is 0 Å². The van der Waals surface area contributed by atoms with Crippen molar-refractivity contribution < 1.29 is 13.9 Å². The average molecular weight is 382 g/mol. The fourth-order valence-electron chi connectivity index (χ4n) is 3.31. The predicted octanol–water partition coefficient (Wildman–Crippen LogP) is 3.10. The zero-order valence-corrected chi connectivity index (χ0v) is 15.7. The molecule has 7 heteroatoms. The van der Waals surface area contributed by atoms with Crippen LogP contribution in [0.2, 0.25) is 0 Å². The first-order valence-electron chi connectivity index (χ1n) is 9.34. The number of halogens is 1. The van der Waals surface area contributed by atoms with Crippen LogP contribution in [0.4, 0.5) is 4.39 Å². The molecule has 2 aromatic carbocycles. The number of nitrogens with zero attached hydrogens (tertiary/aromatic N) is 2. The van der Waals surface area contributed by atoms with Gasteiger partial charge >= 0.3 is 0 Å². The quantitative estimate of drug-likeness (QED) is 0.657. The highest BCUT2D eigenvalue weighted by molar-refractivity contribution is 5.33. The Morgan fingerprint density at radius 1 is 1.18 bits per heavy atom. The Balaban J connectivity index is 1.39. The van der Waals surface area contributed by atoms with Crippen LogP contribution in [0.5, 0.6) is 5.75 Å². The van der Waals surface area contributed by atoms with Crippen molar-refractivity contribution in [1.29, 1.82) is 0 Å². The molecule has 0 aliphatic carbocycles. The molecule has 2 atom stereocenters. The van der Waals surface area contributed by atoms with Gasteiger partial charge in [-0.1, -0.05) is 30.3 Å². The summed E-state index contributed by atoms with van der Waals surface area (Å²) in [5.41, 5.74) is 1.98. The van der Waals surface area contributed by atoms with E-state index in [0.717, 1.165) is 28.5 Å². The predicted molar refractivity (Wildman–Crippen MR) is 102 cm³/mol. The van der Waals surface area contributed by atoms with Crippen LogP contribution < -0.4 is 10.1 Å². The number of aromatic amines is 1. The normalized spacial score (nSPS) is 19.1. The van der Waals surface area contributed by atoms with Crippen molar-refractivity contribution in [3.05, 3.63) is 77.1 Å². The van der Waals surface area contributed by atoms with E-state index in [1.54, 1.807) is 12.1 Å². The SMILES string of the molecule is Cc1nc([C@@H]2COC[C@@H]2NCc2ccccc2OCc2ccc(F)cc2)n[nH]1. The third-order valence-electron chi connectivity index (χ3n) is 4.86. The first-order chi connectivity index (χ1) is 13.7. The van der Waals surface area contributed by atoms with Crippen LogP contribution in [0.3, 0.4) is 0 Å². The molecule has 1 aromatic heterocycles. The zero-order chi connectivity index (χ0) is 19.3. The minimum Gasteiger partial charge on any atom is -0.489 e. The van der Waals surface area contributed by atoms with Gasteiger partial charge in [0.2, 0.25) is 0 Å². The van der Waals surface area contributed by atoms with E-state index in [2.05, 4.69) is 20.5 Å². The van der Waals surface area contributed by atoms with Gasteiger partial charge in [0.1, 0.15) is 24.0 Å². The van der Waals surface area contributed by atoms with E-state index in [4.69, 9.17) is 9.47 Å². The molecule has 0 radical (unpaired) electrons. The van der Waals surface area contributed by atoms with Crippen LogP contribution in [0.25, 0.3) is 0 Å². The number of aromatic nitrogens is 3. The zero-order valence-electron chi connectivity index (χ0n) is 15.7. The van der Waals surface area contributed by atoms with Gasteiger partial charge in [0.05, 0.1) is 19.1 Å². The maximum Gasteiger partial charge on any atom is 0.157 e. The van der Waals surface area contributed by atoms with Crippen molar-refractivity contribution in [3.63, 3.8) is 0 Å². The van der Waals surface area contributed by atoms with E-state index in [0.29, 0.717) is 26.4 Å². The van der Waals surface area contributed by atoms with E-state index in [1.165, 1.54) is 12.1 Å². The maximum absolute atomic E-state index is 13.0. The van der Waals surface area contributed by atoms with Gasteiger partial charge in [-0.2, -0.15) is 5.10 Å². The van der Waals surface area contributed by atoms with Gasteiger partial charge in [-0.15, -0.1) is 0 Å². The van der Waals surface area contributed by atoms with E-state index < -0.39 is 0 Å². The Labute approximate surface area is 163 Å². The van der Waals surface area contributed by atoms with E-state index in [-0.39, 0.29) is 17.8 Å². The van der Waals surface area contributed by atoms with E-state index in [9.17, 15) is 4.39 Å². The highest BCUT2D eigenvalue weighted by Crippen LogP contribution is 2.25. The molecule has 0 bridgehead atoms. The number of hydrogen-bond donors (Lipinski definition) is 2. The van der Waals surface area contributed by atoms with Crippen LogP contribution in [0.15, 0.2) is 48.5 Å². The molecule has 0 spiro atoms. The molecule has 146 valence electrons. The summed E-state index contributed by atoms with van der Waals surface area (Å²) in [6.07, 6.45) is 0. The smallest absolute Gasteiger partial charge is 0.157 e. The van der Waals surface area contributed by atoms with Gasteiger partial charge in [0.15, 0.2) is 5.82 Å². The summed E-state index contributed by atoms with van der Waals surface area (Å²) in [5.74, 6) is 2.28. The molecule has 1 saturated heterocycles. The van der Waals surface area contributed by atoms with Gasteiger partial charge in [-0.05, 0) is 30.7 Å². The molecule has 28 heavy (non-hydrogen) atoms. The molecule has 0 saturated carbocycles. The molecule has 2 heterocycles. The molecule has 0 amide bonds. The standard InChI is InChI=1S/C21H23FN4O2/c1-14-24-21(26-25-14)18-12-27-13-19(18)23-10-16-4-2-3-5-20(16)28-11-15-6-8-17(22)9-7-15/h2-9,18-19,23H,10-13H2,1H3,(H,24,25,26)/t18-,19+/m1/s1. The Morgan fingerprint density at radius 2 is 2.00 bits per heavy atom. The van der Waals surface area contributed by atoms with E-state index >= 15 is 0 Å². The molecule has 1 fully saturated rings. The van der Waals surface area contributed by atoms with Gasteiger partial charge < -0.3 is 14.8 Å². The highest BCUT2D eigenvalue weighted by atomic mass is 19.1. The highest BCUT2D eigenvalue weighted by Gasteiger charge is 2.32. The summed E-state index contributed by atoms with van der Waals surface area (Å²) >= 11 is 0. The number of aryl methyl sites for hydroxylation is 1. The van der Waals surface area contributed by atoms with Crippen molar-refractivity contribution in [2.45, 2.75) is 32.0 Å². The number of hydrogen-bond acceptors (Lipinski definition) is 5. The topological polar surface area (TPSA) is 72.1 Å². The Kier molecular flexibility index (Phi) is 5.64. The monoisotopic (exact) mass is 382 g/mol. The van der Waals surface area contributed by atoms with Crippen LogP contribution in [0.1, 0.15) is 28.7 Å². The summed E-state index contributed by atoms with van der Waals surface area (Å²) in [4.78, 5) is 4.45. The average Bonchev–Trinajstić information content (AvgIpc) is 3.35. The number of ether oxygens (including phenoxy) is 2. The number of rotatable bonds is 7. The van der Waals surface area contributed by atoms with Gasteiger partial charge in [-0.3, -0.25) is 5.10 Å². The lowest BCUT2D eigenvalue weighted by atomic mass is 10.0. The third kappa shape index (κ3) is 4.37. The van der Waals surface area contributed by atoms with Crippen LogP contribution in [0, 0.1) is 12.7 Å². The van der Waals surface area contributed by atoms with Crippen molar-refractivity contribution in [1.82, 2.24) is 20.5 Å². The van der Waals surface area contributed by atoms with Crippen molar-refractivity contribution in [2.24, 2.45) is 0 Å². The van der Waals surface area contributed by atoms with E-state index in [1.807, 2.05) is 31.2 Å². The summed E-state index contributed by atoms with van der Waals surface area (Å²) in [6, 6.07) is 14.4. The summed E-state index contributed by atoms with van der Waals surface area (Å²) in [5, 5.41) is 10.7. The largest absolute Gasteiger partial charge is 0.489 e. The molecular formula is C21H23FN4O2. The Bertz CT molecular complexity index is 913. The Hall–Kier alpha value is -2.77. The fraction of sp³-hybridized carbons (Fsp3) is 0.333. The van der Waals surface area contributed by atoms with Gasteiger partial charge in [0, 0.05) is 18.2 Å². The maximum atomic E-state index is 13.0. The van der Waals surface area contributed by atoms with Crippen molar-refractivity contribution in [3.8, 4) is 5.75 Å². The molecule has 4 rings (SSSR count). The van der Waals surface area contributed by atoms with Crippen LogP contribution in [-0.2, 0) is 17.9 Å². The second-order valence-electron chi connectivity index (χ2n) is 6.93. The molecule has 0 unspecified atom stereocenters. The molecule has 3 aromatic rings. The molecule has 2 N–H and O–H groups in total. The summed E-state index contributed by atoms with van der Waals surface area (Å²) in [7, 11) is 0. The number of benzene rings is 2. The number of H-pyrrole nitrogens is 1. The third-order valence-corrected chi connectivity index (χ3v) is 4.86. The summed E-state index contributed by atoms with van der Waals surface area (Å²) < 4.78 is 24.7. The van der Waals surface area contributed by atoms with Gasteiger partial charge in [0.25, 0.3) is 0 Å². The van der Waals surface area contributed by atoms with Gasteiger partial charge in [-0.25, -0.2) is 9.37 Å². The lowest BCUT2D eigenvalue weighted by molar-refractivity contribution is 0.187. The van der Waals surface area contributed by atoms with Crippen molar-refractivity contribution in [2.75, 3.05) is 13.2 Å². The minimum absolute atomic E-state index is 0.122. The molecule has 1 aliphatic heterocycles. The Morgan fingerprint density at radius 3 is 2.79 bits per heavy atom. The second-order valence-corrected chi connectivity index (χ2v) is 6.93. The number of para-hydroxylation sites is 1. The van der Waals surface area contributed by atoms with Crippen molar-refractivity contribution >= 4 is 0 Å². The molecule has 6 nitrogen and oxygen atoms in total.